The van der Waals surface area contributed by atoms with Crippen molar-refractivity contribution in [2.45, 2.75) is 37.8 Å². The van der Waals surface area contributed by atoms with Crippen molar-refractivity contribution in [1.29, 1.82) is 0 Å². The van der Waals surface area contributed by atoms with Crippen LogP contribution in [0.25, 0.3) is 0 Å². The third kappa shape index (κ3) is 6.18. The Labute approximate surface area is 234 Å². The predicted octanol–water partition coefficient (Wildman–Crippen LogP) is 3.45. The fourth-order valence-electron chi connectivity index (χ4n) is 5.35. The van der Waals surface area contributed by atoms with Gasteiger partial charge < -0.3 is 29.7 Å². The van der Waals surface area contributed by atoms with Gasteiger partial charge in [0.1, 0.15) is 5.75 Å². The summed E-state index contributed by atoms with van der Waals surface area (Å²) < 4.78 is 17.6. The Balaban J connectivity index is 1.55. The van der Waals surface area contributed by atoms with Crippen molar-refractivity contribution in [3.63, 3.8) is 0 Å². The van der Waals surface area contributed by atoms with Gasteiger partial charge in [0.05, 0.1) is 23.8 Å². The van der Waals surface area contributed by atoms with E-state index in [1.165, 1.54) is 29.3 Å². The van der Waals surface area contributed by atoms with E-state index >= 15 is 0 Å². The normalized spacial score (nSPS) is 14.1. The number of aliphatic hydroxyl groups excluding tert-OH is 1. The molecule has 3 aromatic carbocycles. The summed E-state index contributed by atoms with van der Waals surface area (Å²) in [6.07, 6.45) is 0.531. The molecule has 0 saturated heterocycles. The molecule has 212 valence electrons. The Kier molecular flexibility index (Phi) is 9.54. The number of carboxylic acids is 1. The largest absolute Gasteiger partial charge is 0.493 e. The highest BCUT2D eigenvalue weighted by molar-refractivity contribution is 5.98. The lowest BCUT2D eigenvalue weighted by Crippen LogP contribution is -2.57. The summed E-state index contributed by atoms with van der Waals surface area (Å²) in [6.45, 7) is 2.10. The maximum absolute atomic E-state index is 13.0. The summed E-state index contributed by atoms with van der Waals surface area (Å²) in [7, 11) is 3.16. The van der Waals surface area contributed by atoms with E-state index in [-0.39, 0.29) is 42.6 Å². The topological polar surface area (TPSA) is 118 Å². The molecule has 0 aromatic heterocycles. The summed E-state index contributed by atoms with van der Waals surface area (Å²) in [5, 5.41) is 23.3. The molecule has 1 atom stereocenters. The number of carbonyl (C=O) groups excluding carboxylic acids is 1. The van der Waals surface area contributed by atoms with E-state index in [2.05, 4.69) is 17.4 Å². The fraction of sp³-hybridized carbons (Fsp3) is 0.355. The Morgan fingerprint density at radius 3 is 2.20 bits per heavy atom. The molecule has 0 fully saturated rings. The van der Waals surface area contributed by atoms with Crippen LogP contribution in [0.15, 0.2) is 72.8 Å². The van der Waals surface area contributed by atoms with E-state index in [0.29, 0.717) is 0 Å². The van der Waals surface area contributed by atoms with E-state index in [1.54, 1.807) is 21.1 Å². The van der Waals surface area contributed by atoms with Crippen LogP contribution in [0.4, 0.5) is 0 Å². The van der Waals surface area contributed by atoms with E-state index in [0.717, 1.165) is 18.4 Å². The molecule has 3 aromatic rings. The number of aromatic carboxylic acids is 1. The second-order valence-corrected chi connectivity index (χ2v) is 9.65. The van der Waals surface area contributed by atoms with Gasteiger partial charge >= 0.3 is 5.97 Å². The fourth-order valence-corrected chi connectivity index (χ4v) is 5.35. The number of carboxylic acid groups (broad SMARTS) is 1. The van der Waals surface area contributed by atoms with E-state index in [1.807, 2.05) is 47.4 Å². The van der Waals surface area contributed by atoms with Gasteiger partial charge in [-0.1, -0.05) is 54.6 Å². The predicted molar refractivity (Wildman–Crippen MR) is 149 cm³/mol. The molecule has 0 saturated carbocycles. The zero-order chi connectivity index (χ0) is 28.7. The quantitative estimate of drug-likeness (QED) is 0.278. The molecule has 0 aliphatic heterocycles. The lowest BCUT2D eigenvalue weighted by atomic mass is 10.0. The summed E-state index contributed by atoms with van der Waals surface area (Å²) in [5.41, 5.74) is 3.47. The number of nitrogens with zero attached hydrogens (tertiary/aromatic N) is 1. The number of rotatable bonds is 13. The molecule has 1 amide bonds. The maximum Gasteiger partial charge on any atom is 0.335 e. The van der Waals surface area contributed by atoms with Crippen LogP contribution in [0.5, 0.6) is 5.75 Å². The number of hydrogen-bond donors (Lipinski definition) is 3. The average molecular weight is 549 g/mol. The molecule has 0 spiro atoms. The Bertz CT molecular complexity index is 1290. The van der Waals surface area contributed by atoms with Gasteiger partial charge in [-0.2, -0.15) is 0 Å². The van der Waals surface area contributed by atoms with Gasteiger partial charge in [0.2, 0.25) is 0 Å². The van der Waals surface area contributed by atoms with E-state index in [4.69, 9.17) is 14.2 Å². The first-order valence-corrected chi connectivity index (χ1v) is 13.3. The van der Waals surface area contributed by atoms with Gasteiger partial charge in [0.15, 0.2) is 0 Å². The monoisotopic (exact) mass is 548 g/mol. The summed E-state index contributed by atoms with van der Waals surface area (Å²) in [6, 6.07) is 21.9. The molecule has 1 aliphatic carbocycles. The number of ether oxygens (including phenoxy) is 3. The highest BCUT2D eigenvalue weighted by Gasteiger charge is 2.45. The third-order valence-corrected chi connectivity index (χ3v) is 7.22. The van der Waals surface area contributed by atoms with Gasteiger partial charge in [-0.15, -0.1) is 0 Å². The van der Waals surface area contributed by atoms with Crippen molar-refractivity contribution in [2.24, 2.45) is 0 Å². The van der Waals surface area contributed by atoms with Crippen LogP contribution in [-0.2, 0) is 28.2 Å². The van der Waals surface area contributed by atoms with Crippen molar-refractivity contribution >= 4 is 11.9 Å². The molecule has 1 aliphatic rings. The Morgan fingerprint density at radius 1 is 1.00 bits per heavy atom. The number of carbonyl (C=O) groups is 2. The molecule has 40 heavy (non-hydrogen) atoms. The minimum atomic E-state index is -1.27. The zero-order valence-electron chi connectivity index (χ0n) is 23.0. The zero-order valence-corrected chi connectivity index (χ0v) is 23.0. The average Bonchev–Trinajstić information content (AvgIpc) is 3.41. The molecular weight excluding hydrogens is 512 g/mol. The third-order valence-electron chi connectivity index (χ3n) is 7.22. The number of fused-ring (bicyclic) bond motifs is 1. The van der Waals surface area contributed by atoms with Crippen LogP contribution < -0.4 is 10.1 Å². The lowest BCUT2D eigenvalue weighted by Gasteiger charge is -2.45. The van der Waals surface area contributed by atoms with Gasteiger partial charge in [-0.25, -0.2) is 9.69 Å². The van der Waals surface area contributed by atoms with Crippen molar-refractivity contribution < 1.29 is 34.0 Å². The number of nitrogens with one attached hydrogen (secondary N) is 1. The van der Waals surface area contributed by atoms with Crippen molar-refractivity contribution in [3.8, 4) is 5.75 Å². The van der Waals surface area contributed by atoms with Crippen LogP contribution in [0.3, 0.4) is 0 Å². The van der Waals surface area contributed by atoms with Crippen LogP contribution in [0.2, 0.25) is 0 Å². The number of methoxy groups -OCH3 is 2. The van der Waals surface area contributed by atoms with E-state index < -0.39 is 23.9 Å². The molecule has 3 N–H and O–H groups in total. The van der Waals surface area contributed by atoms with Crippen LogP contribution in [0, 0.1) is 0 Å². The first-order chi connectivity index (χ1) is 19.3. The van der Waals surface area contributed by atoms with Crippen LogP contribution in [0.1, 0.15) is 44.3 Å². The molecule has 0 heterocycles. The second-order valence-electron chi connectivity index (χ2n) is 9.65. The lowest BCUT2D eigenvalue weighted by molar-refractivity contribution is -0.319. The Hall–Kier alpha value is -3.76. The van der Waals surface area contributed by atoms with Crippen molar-refractivity contribution in [1.82, 2.24) is 10.2 Å². The minimum absolute atomic E-state index is 0.0182. The molecule has 9 heteroatoms. The first kappa shape index (κ1) is 29.2. The van der Waals surface area contributed by atoms with Gasteiger partial charge in [0.25, 0.3) is 11.8 Å². The Morgan fingerprint density at radius 2 is 1.62 bits per heavy atom. The molecule has 0 bridgehead atoms. The van der Waals surface area contributed by atoms with Crippen molar-refractivity contribution in [2.75, 3.05) is 33.9 Å². The number of benzene rings is 3. The van der Waals surface area contributed by atoms with Crippen LogP contribution in [-0.4, -0.2) is 73.1 Å². The summed E-state index contributed by atoms with van der Waals surface area (Å²) >= 11 is 0. The number of amides is 1. The van der Waals surface area contributed by atoms with Gasteiger partial charge in [0, 0.05) is 38.9 Å². The maximum atomic E-state index is 13.0. The summed E-state index contributed by atoms with van der Waals surface area (Å²) in [4.78, 5) is 26.4. The molecule has 0 radical (unpaired) electrons. The summed E-state index contributed by atoms with van der Waals surface area (Å²) in [5.74, 6) is -2.70. The minimum Gasteiger partial charge on any atom is -0.493 e. The molecular formula is C31H36N2O7. The highest BCUT2D eigenvalue weighted by atomic mass is 16.7. The van der Waals surface area contributed by atoms with Crippen LogP contribution >= 0.6 is 0 Å². The van der Waals surface area contributed by atoms with Crippen molar-refractivity contribution in [3.05, 3.63) is 101 Å². The SMILES string of the molecule is CCOc1cc(C(=O)O)ccc1C(=O)NCC(O)CN(C1Cc2ccccc2C1)C(OC)(OC)c1ccccc1. The molecule has 4 rings (SSSR count). The van der Waals surface area contributed by atoms with Gasteiger partial charge in [-0.05, 0) is 49.1 Å². The highest BCUT2D eigenvalue weighted by Crippen LogP contribution is 2.37. The van der Waals surface area contributed by atoms with Gasteiger partial charge in [-0.3, -0.25) is 4.79 Å². The molecule has 9 nitrogen and oxygen atoms in total. The van der Waals surface area contributed by atoms with E-state index in [9.17, 15) is 19.8 Å². The first-order valence-electron chi connectivity index (χ1n) is 13.3. The smallest absolute Gasteiger partial charge is 0.335 e. The molecule has 1 unspecified atom stereocenters. The standard InChI is InChI=1S/C31H36N2O7/c1-4-40-28-18-23(30(36)37)14-15-27(28)29(35)32-19-26(34)20-33(25-16-21-10-8-9-11-22(21)17-25)31(38-2,39-3)24-12-6-5-7-13-24/h5-15,18,25-26,34H,4,16-17,19-20H2,1-3H3,(H,32,35)(H,36,37). The number of aliphatic hydroxyl groups is 1. The number of hydrogen-bond acceptors (Lipinski definition) is 7. The second kappa shape index (κ2) is 13.1.